The highest BCUT2D eigenvalue weighted by atomic mass is 16.6. The molecule has 3 heteroatoms. The molecule has 3 unspecified atom stereocenters. The van der Waals surface area contributed by atoms with Gasteiger partial charge in [-0.05, 0) is 55.3 Å². The number of hydrogen-bond acceptors (Lipinski definition) is 3. The lowest BCUT2D eigenvalue weighted by Gasteiger charge is -2.43. The maximum atomic E-state index is 12.8. The van der Waals surface area contributed by atoms with Gasteiger partial charge in [0, 0.05) is 6.42 Å². The summed E-state index contributed by atoms with van der Waals surface area (Å²) in [6.07, 6.45) is 5.33. The third-order valence-electron chi connectivity index (χ3n) is 6.13. The first-order chi connectivity index (χ1) is 10.0. The highest BCUT2D eigenvalue weighted by molar-refractivity contribution is 5.73. The molecule has 126 valence electrons. The summed E-state index contributed by atoms with van der Waals surface area (Å²) in [5.41, 5.74) is -0.789. The molecule has 4 fully saturated rings. The zero-order valence-corrected chi connectivity index (χ0v) is 14.8. The van der Waals surface area contributed by atoms with Gasteiger partial charge in [-0.15, -0.1) is 0 Å². The molecule has 22 heavy (non-hydrogen) atoms. The summed E-state index contributed by atoms with van der Waals surface area (Å²) in [7, 11) is 0. The fourth-order valence-corrected chi connectivity index (χ4v) is 5.46. The van der Waals surface area contributed by atoms with E-state index < -0.39 is 5.60 Å². The lowest BCUT2D eigenvalue weighted by atomic mass is 9.74. The van der Waals surface area contributed by atoms with Crippen molar-refractivity contribution in [3.05, 3.63) is 0 Å². The van der Waals surface area contributed by atoms with E-state index >= 15 is 0 Å². The maximum absolute atomic E-state index is 12.8. The van der Waals surface area contributed by atoms with Crippen LogP contribution in [0.2, 0.25) is 0 Å². The van der Waals surface area contributed by atoms with Gasteiger partial charge in [0.1, 0.15) is 5.60 Å². The summed E-state index contributed by atoms with van der Waals surface area (Å²) >= 11 is 0. The van der Waals surface area contributed by atoms with Crippen molar-refractivity contribution in [3.8, 4) is 0 Å². The van der Waals surface area contributed by atoms with Crippen LogP contribution in [0.15, 0.2) is 0 Å². The van der Waals surface area contributed by atoms with Crippen molar-refractivity contribution < 1.29 is 14.6 Å². The number of carbonyl (C=O) groups excluding carboxylic acids is 1. The van der Waals surface area contributed by atoms with Gasteiger partial charge in [-0.2, -0.15) is 0 Å². The van der Waals surface area contributed by atoms with Gasteiger partial charge in [0.15, 0.2) is 0 Å². The summed E-state index contributed by atoms with van der Waals surface area (Å²) in [5.74, 6) is 1.37. The van der Waals surface area contributed by atoms with Crippen molar-refractivity contribution in [3.63, 3.8) is 0 Å². The largest absolute Gasteiger partial charge is 0.459 e. The normalized spacial score (nSPS) is 41.2. The van der Waals surface area contributed by atoms with Crippen molar-refractivity contribution in [2.24, 2.45) is 29.1 Å². The van der Waals surface area contributed by atoms with Crippen LogP contribution in [-0.4, -0.2) is 22.3 Å². The Morgan fingerprint density at radius 3 is 2.14 bits per heavy atom. The van der Waals surface area contributed by atoms with Crippen LogP contribution in [0.3, 0.4) is 0 Å². The molecule has 0 amide bonds. The van der Waals surface area contributed by atoms with Gasteiger partial charge < -0.3 is 9.84 Å². The molecule has 4 bridgehead atoms. The minimum Gasteiger partial charge on any atom is -0.459 e. The predicted octanol–water partition coefficient (Wildman–Crippen LogP) is 3.93. The quantitative estimate of drug-likeness (QED) is 0.800. The zero-order chi connectivity index (χ0) is 16.3. The first-order valence-electron chi connectivity index (χ1n) is 8.96. The summed E-state index contributed by atoms with van der Waals surface area (Å²) in [6.45, 7) is 10.8. The van der Waals surface area contributed by atoms with Crippen LogP contribution >= 0.6 is 0 Å². The lowest BCUT2D eigenvalue weighted by molar-refractivity contribution is -0.181. The van der Waals surface area contributed by atoms with Crippen LogP contribution in [0.4, 0.5) is 0 Å². The fraction of sp³-hybridized carbons (Fsp3) is 0.947. The molecule has 4 rings (SSSR count). The number of hydrogen-bond donors (Lipinski definition) is 1. The van der Waals surface area contributed by atoms with E-state index in [4.69, 9.17) is 4.74 Å². The second-order valence-electron chi connectivity index (χ2n) is 9.96. The molecular weight excluding hydrogens is 276 g/mol. The van der Waals surface area contributed by atoms with E-state index in [1.54, 1.807) is 0 Å². The van der Waals surface area contributed by atoms with Crippen molar-refractivity contribution in [2.45, 2.75) is 84.3 Å². The lowest BCUT2D eigenvalue weighted by Crippen LogP contribution is -2.48. The number of aliphatic hydroxyl groups is 1. The third kappa shape index (κ3) is 2.93. The first-order valence-corrected chi connectivity index (χ1v) is 8.96. The summed E-state index contributed by atoms with van der Waals surface area (Å²) in [4.78, 5) is 12.8. The SMILES string of the molecule is CC(C)C(CC(C)(C)C)C(=O)OC12CC3CC(O)(CC3C1)C2. The van der Waals surface area contributed by atoms with E-state index in [1.165, 1.54) is 0 Å². The molecule has 3 nitrogen and oxygen atoms in total. The molecule has 0 heterocycles. The van der Waals surface area contributed by atoms with Crippen molar-refractivity contribution >= 4 is 5.97 Å². The molecule has 0 spiro atoms. The van der Waals surface area contributed by atoms with Gasteiger partial charge >= 0.3 is 5.97 Å². The highest BCUT2D eigenvalue weighted by Crippen LogP contribution is 2.63. The molecular formula is C19H32O3. The van der Waals surface area contributed by atoms with Crippen LogP contribution in [0.25, 0.3) is 0 Å². The molecule has 0 aliphatic heterocycles. The van der Waals surface area contributed by atoms with Gasteiger partial charge in [0.05, 0.1) is 11.5 Å². The minimum absolute atomic E-state index is 0.0320. The van der Waals surface area contributed by atoms with E-state index in [2.05, 4.69) is 34.6 Å². The Balaban J connectivity index is 1.71. The molecule has 1 N–H and O–H groups in total. The van der Waals surface area contributed by atoms with Crippen molar-refractivity contribution in [1.82, 2.24) is 0 Å². The summed E-state index contributed by atoms with van der Waals surface area (Å²) in [5, 5.41) is 10.6. The van der Waals surface area contributed by atoms with E-state index in [-0.39, 0.29) is 22.9 Å². The van der Waals surface area contributed by atoms with Crippen molar-refractivity contribution in [1.29, 1.82) is 0 Å². The van der Waals surface area contributed by atoms with Gasteiger partial charge in [-0.3, -0.25) is 4.79 Å². The second-order valence-corrected chi connectivity index (χ2v) is 9.96. The van der Waals surface area contributed by atoms with E-state index in [9.17, 15) is 9.90 Å². The average molecular weight is 308 g/mol. The first kappa shape index (κ1) is 16.3. The van der Waals surface area contributed by atoms with Crippen LogP contribution in [-0.2, 0) is 9.53 Å². The molecule has 4 aliphatic rings. The van der Waals surface area contributed by atoms with Crippen molar-refractivity contribution in [2.75, 3.05) is 0 Å². The Labute approximate surface area is 134 Å². The predicted molar refractivity (Wildman–Crippen MR) is 86.2 cm³/mol. The van der Waals surface area contributed by atoms with Crippen LogP contribution in [0.1, 0.15) is 73.1 Å². The number of esters is 1. The Hall–Kier alpha value is -0.570. The number of carbonyl (C=O) groups is 1. The third-order valence-corrected chi connectivity index (χ3v) is 6.13. The van der Waals surface area contributed by atoms with Crippen LogP contribution < -0.4 is 0 Å². The van der Waals surface area contributed by atoms with Crippen LogP contribution in [0.5, 0.6) is 0 Å². The van der Waals surface area contributed by atoms with Gasteiger partial charge in [-0.25, -0.2) is 0 Å². The molecule has 4 aliphatic carbocycles. The molecule has 0 aromatic carbocycles. The highest BCUT2D eigenvalue weighted by Gasteiger charge is 2.64. The van der Waals surface area contributed by atoms with E-state index in [1.807, 2.05) is 0 Å². The van der Waals surface area contributed by atoms with Gasteiger partial charge in [-0.1, -0.05) is 34.6 Å². The molecule has 4 saturated carbocycles. The Morgan fingerprint density at radius 2 is 1.73 bits per heavy atom. The maximum Gasteiger partial charge on any atom is 0.309 e. The average Bonchev–Trinajstić information content (AvgIpc) is 2.68. The van der Waals surface area contributed by atoms with E-state index in [0.29, 0.717) is 24.2 Å². The zero-order valence-electron chi connectivity index (χ0n) is 14.8. The molecule has 3 atom stereocenters. The summed E-state index contributed by atoms with van der Waals surface area (Å²) in [6, 6.07) is 0. The summed E-state index contributed by atoms with van der Waals surface area (Å²) < 4.78 is 6.11. The van der Waals surface area contributed by atoms with Gasteiger partial charge in [0.2, 0.25) is 0 Å². The number of ether oxygens (including phenoxy) is 1. The molecule has 0 aromatic heterocycles. The standard InChI is InChI=1S/C19H32O3/c1-12(2)15(10-17(3,4)5)16(20)22-19-8-13-6-18(21,11-19)7-14(13)9-19/h12-15,21H,6-11H2,1-5H3. The van der Waals surface area contributed by atoms with Gasteiger partial charge in [0.25, 0.3) is 0 Å². The Bertz CT molecular complexity index is 446. The minimum atomic E-state index is -0.552. The Kier molecular flexibility index (Phi) is 3.67. The van der Waals surface area contributed by atoms with Crippen LogP contribution in [0, 0.1) is 29.1 Å². The second kappa shape index (κ2) is 4.96. The van der Waals surface area contributed by atoms with E-state index in [0.717, 1.165) is 32.1 Å². The molecule has 0 aromatic rings. The fourth-order valence-electron chi connectivity index (χ4n) is 5.46. The topological polar surface area (TPSA) is 46.5 Å². The molecule has 0 saturated heterocycles. The Morgan fingerprint density at radius 1 is 1.18 bits per heavy atom. The number of rotatable bonds is 4. The molecule has 0 radical (unpaired) electrons. The monoisotopic (exact) mass is 308 g/mol. The smallest absolute Gasteiger partial charge is 0.309 e.